The average Bonchev–Trinajstić information content (AvgIpc) is 2.81. The lowest BCUT2D eigenvalue weighted by atomic mass is 10.1. The second-order valence-electron chi connectivity index (χ2n) is 3.75. The van der Waals surface area contributed by atoms with Gasteiger partial charge in [0.15, 0.2) is 0 Å². The van der Waals surface area contributed by atoms with Gasteiger partial charge in [-0.2, -0.15) is 0 Å². The molecular formula is C12H15FN4. The third-order valence-corrected chi connectivity index (χ3v) is 2.65. The van der Waals surface area contributed by atoms with Crippen molar-refractivity contribution in [3.63, 3.8) is 0 Å². The van der Waals surface area contributed by atoms with E-state index in [1.54, 1.807) is 12.4 Å². The van der Waals surface area contributed by atoms with Gasteiger partial charge in [-0.3, -0.25) is 4.98 Å². The Balaban J connectivity index is 2.29. The second-order valence-corrected chi connectivity index (χ2v) is 3.75. The van der Waals surface area contributed by atoms with E-state index in [1.807, 2.05) is 17.8 Å². The van der Waals surface area contributed by atoms with E-state index in [2.05, 4.69) is 22.2 Å². The Kier molecular flexibility index (Phi) is 3.49. The maximum absolute atomic E-state index is 12.8. The molecule has 0 saturated heterocycles. The molecule has 17 heavy (non-hydrogen) atoms. The molecule has 2 aromatic rings. The molecule has 0 aliphatic carbocycles. The SMILES string of the molecule is CCn1cnc(C(NC)c2ccc(F)cn2)c1. The summed E-state index contributed by atoms with van der Waals surface area (Å²) in [5.41, 5.74) is 1.64. The van der Waals surface area contributed by atoms with Gasteiger partial charge in [-0.15, -0.1) is 0 Å². The minimum atomic E-state index is -0.331. The number of hydrogen-bond donors (Lipinski definition) is 1. The lowest BCUT2D eigenvalue weighted by Crippen LogP contribution is -2.19. The zero-order valence-corrected chi connectivity index (χ0v) is 9.89. The molecule has 0 aromatic carbocycles. The number of pyridine rings is 1. The van der Waals surface area contributed by atoms with Gasteiger partial charge in [0.1, 0.15) is 5.82 Å². The fraction of sp³-hybridized carbons (Fsp3) is 0.333. The van der Waals surface area contributed by atoms with Crippen molar-refractivity contribution >= 4 is 0 Å². The van der Waals surface area contributed by atoms with E-state index in [9.17, 15) is 4.39 Å². The molecule has 0 amide bonds. The van der Waals surface area contributed by atoms with Gasteiger partial charge in [0, 0.05) is 12.7 Å². The summed E-state index contributed by atoms with van der Waals surface area (Å²) in [7, 11) is 1.83. The highest BCUT2D eigenvalue weighted by atomic mass is 19.1. The van der Waals surface area contributed by atoms with Crippen molar-refractivity contribution < 1.29 is 4.39 Å². The lowest BCUT2D eigenvalue weighted by molar-refractivity contribution is 0.606. The number of imidazole rings is 1. The minimum absolute atomic E-state index is 0.108. The number of nitrogens with zero attached hydrogens (tertiary/aromatic N) is 3. The van der Waals surface area contributed by atoms with Crippen molar-refractivity contribution in [2.75, 3.05) is 7.05 Å². The van der Waals surface area contributed by atoms with Crippen LogP contribution in [0.1, 0.15) is 24.4 Å². The lowest BCUT2D eigenvalue weighted by Gasteiger charge is -2.12. The van der Waals surface area contributed by atoms with Gasteiger partial charge < -0.3 is 9.88 Å². The van der Waals surface area contributed by atoms with Crippen molar-refractivity contribution in [2.45, 2.75) is 19.5 Å². The van der Waals surface area contributed by atoms with Gasteiger partial charge in [0.25, 0.3) is 0 Å². The van der Waals surface area contributed by atoms with E-state index in [-0.39, 0.29) is 11.9 Å². The average molecular weight is 234 g/mol. The first-order valence-electron chi connectivity index (χ1n) is 5.55. The number of aromatic nitrogens is 3. The Morgan fingerprint density at radius 2 is 2.18 bits per heavy atom. The van der Waals surface area contributed by atoms with Crippen LogP contribution < -0.4 is 5.32 Å². The number of rotatable bonds is 4. The summed E-state index contributed by atoms with van der Waals surface area (Å²) in [6, 6.07) is 2.97. The van der Waals surface area contributed by atoms with E-state index in [0.717, 1.165) is 17.9 Å². The van der Waals surface area contributed by atoms with Crippen LogP contribution in [-0.4, -0.2) is 21.6 Å². The molecule has 0 fully saturated rings. The molecule has 1 N–H and O–H groups in total. The van der Waals surface area contributed by atoms with Gasteiger partial charge in [-0.25, -0.2) is 9.37 Å². The molecule has 0 saturated carbocycles. The standard InChI is InChI=1S/C12H15FN4/c1-3-17-7-11(16-8-17)12(14-2)10-5-4-9(13)6-15-10/h4-8,12,14H,3H2,1-2H3. The number of hydrogen-bond acceptors (Lipinski definition) is 3. The fourth-order valence-electron chi connectivity index (χ4n) is 1.70. The van der Waals surface area contributed by atoms with Crippen molar-refractivity contribution in [1.29, 1.82) is 0 Å². The van der Waals surface area contributed by atoms with Crippen LogP contribution >= 0.6 is 0 Å². The number of halogens is 1. The first-order chi connectivity index (χ1) is 8.24. The van der Waals surface area contributed by atoms with E-state index in [1.165, 1.54) is 12.3 Å². The molecule has 1 atom stereocenters. The van der Waals surface area contributed by atoms with E-state index >= 15 is 0 Å². The van der Waals surface area contributed by atoms with Crippen LogP contribution in [0.2, 0.25) is 0 Å². The first kappa shape index (κ1) is 11.7. The molecule has 4 nitrogen and oxygen atoms in total. The Labute approximate surface area is 99.5 Å². The molecule has 0 radical (unpaired) electrons. The van der Waals surface area contributed by atoms with Gasteiger partial charge >= 0.3 is 0 Å². The minimum Gasteiger partial charge on any atom is -0.337 e. The second kappa shape index (κ2) is 5.05. The van der Waals surface area contributed by atoms with E-state index < -0.39 is 0 Å². The Bertz CT molecular complexity index is 478. The van der Waals surface area contributed by atoms with Gasteiger partial charge in [-0.05, 0) is 26.1 Å². The number of nitrogens with one attached hydrogen (secondary N) is 1. The summed E-state index contributed by atoms with van der Waals surface area (Å²) in [5.74, 6) is -0.331. The smallest absolute Gasteiger partial charge is 0.141 e. The molecular weight excluding hydrogens is 219 g/mol. The van der Waals surface area contributed by atoms with Crippen molar-refractivity contribution in [3.8, 4) is 0 Å². The van der Waals surface area contributed by atoms with Gasteiger partial charge in [-0.1, -0.05) is 0 Å². The highest BCUT2D eigenvalue weighted by Crippen LogP contribution is 2.18. The predicted octanol–water partition coefficient (Wildman–Crippen LogP) is 1.75. The van der Waals surface area contributed by atoms with Crippen LogP contribution in [0.25, 0.3) is 0 Å². The van der Waals surface area contributed by atoms with Crippen molar-refractivity contribution in [2.24, 2.45) is 0 Å². The molecule has 2 heterocycles. The van der Waals surface area contributed by atoms with Crippen molar-refractivity contribution in [3.05, 3.63) is 48.1 Å². The maximum Gasteiger partial charge on any atom is 0.141 e. The molecule has 0 aliphatic rings. The Morgan fingerprint density at radius 1 is 1.35 bits per heavy atom. The van der Waals surface area contributed by atoms with Gasteiger partial charge in [0.2, 0.25) is 0 Å². The molecule has 2 rings (SSSR count). The first-order valence-corrected chi connectivity index (χ1v) is 5.55. The topological polar surface area (TPSA) is 42.7 Å². The molecule has 0 aliphatic heterocycles. The summed E-state index contributed by atoms with van der Waals surface area (Å²) in [5, 5.41) is 3.13. The summed E-state index contributed by atoms with van der Waals surface area (Å²) in [6.07, 6.45) is 4.96. The Hall–Kier alpha value is -1.75. The third-order valence-electron chi connectivity index (χ3n) is 2.65. The molecule has 1 unspecified atom stereocenters. The van der Waals surface area contributed by atoms with Crippen LogP contribution in [-0.2, 0) is 6.54 Å². The maximum atomic E-state index is 12.8. The Morgan fingerprint density at radius 3 is 2.71 bits per heavy atom. The van der Waals surface area contributed by atoms with Crippen LogP contribution in [0.3, 0.4) is 0 Å². The zero-order chi connectivity index (χ0) is 12.3. The monoisotopic (exact) mass is 234 g/mol. The fourth-order valence-corrected chi connectivity index (χ4v) is 1.70. The van der Waals surface area contributed by atoms with E-state index in [4.69, 9.17) is 0 Å². The highest BCUT2D eigenvalue weighted by molar-refractivity contribution is 5.20. The van der Waals surface area contributed by atoms with Crippen LogP contribution in [0.5, 0.6) is 0 Å². The molecule has 0 spiro atoms. The van der Waals surface area contributed by atoms with Crippen molar-refractivity contribution in [1.82, 2.24) is 19.9 Å². The predicted molar refractivity (Wildman–Crippen MR) is 63.0 cm³/mol. The summed E-state index contributed by atoms with van der Waals surface area (Å²) in [4.78, 5) is 8.40. The number of aryl methyl sites for hydroxylation is 1. The summed E-state index contributed by atoms with van der Waals surface area (Å²) >= 11 is 0. The highest BCUT2D eigenvalue weighted by Gasteiger charge is 2.15. The zero-order valence-electron chi connectivity index (χ0n) is 9.89. The molecule has 2 aromatic heterocycles. The van der Waals surface area contributed by atoms with Gasteiger partial charge in [0.05, 0.1) is 30.0 Å². The van der Waals surface area contributed by atoms with Crippen LogP contribution in [0.15, 0.2) is 30.9 Å². The van der Waals surface area contributed by atoms with Crippen LogP contribution in [0.4, 0.5) is 4.39 Å². The molecule has 5 heteroatoms. The quantitative estimate of drug-likeness (QED) is 0.876. The third kappa shape index (κ3) is 2.50. The summed E-state index contributed by atoms with van der Waals surface area (Å²) < 4.78 is 14.8. The molecule has 0 bridgehead atoms. The normalized spacial score (nSPS) is 12.6. The largest absolute Gasteiger partial charge is 0.337 e. The molecule has 90 valence electrons. The van der Waals surface area contributed by atoms with E-state index in [0.29, 0.717) is 0 Å². The van der Waals surface area contributed by atoms with Crippen LogP contribution in [0, 0.1) is 5.82 Å². The summed E-state index contributed by atoms with van der Waals surface area (Å²) in [6.45, 7) is 2.93.